The van der Waals surface area contributed by atoms with Gasteiger partial charge in [-0.05, 0) is 0 Å². The molecule has 0 unspecified atom stereocenters. The zero-order valence-corrected chi connectivity index (χ0v) is 17.2. The first kappa shape index (κ1) is 36.0. The maximum Gasteiger partial charge on any atom is 0.480 e. The maximum absolute atomic E-state index is 13.6. The number of rotatable bonds is 12. The lowest BCUT2D eigenvalue weighted by Gasteiger charge is -2.42. The van der Waals surface area contributed by atoms with Crippen molar-refractivity contribution in [3.8, 4) is 0 Å². The quantitative estimate of drug-likeness (QED) is 0.157. The SMILES string of the molecule is C=COC(F)(F)C(F)(F)NS(=O)(=O)C(F)(F)C(F)(F)C(F)(F)C(F)(F)C(F)(F)C(F)(F)C(F)(F)C(F)(F)F. The zero-order valence-electron chi connectivity index (χ0n) is 16.4. The van der Waals surface area contributed by atoms with E-state index in [9.17, 15) is 101 Å². The third-order valence-corrected chi connectivity index (χ3v) is 5.35. The minimum Gasteiger partial charge on any atom is -0.435 e. The Balaban J connectivity index is 7.01. The number of nitrogens with one attached hydrogen (secondary N) is 1. The van der Waals surface area contributed by atoms with E-state index in [1.165, 1.54) is 0 Å². The van der Waals surface area contributed by atoms with E-state index in [1.807, 2.05) is 0 Å². The van der Waals surface area contributed by atoms with Crippen LogP contribution >= 0.6 is 0 Å². The number of sulfonamides is 1. The molecule has 0 heterocycles. The van der Waals surface area contributed by atoms with Crippen LogP contribution in [0.4, 0.5) is 92.2 Å². The molecule has 4 nitrogen and oxygen atoms in total. The Morgan fingerprint density at radius 2 is 0.816 bits per heavy atom. The second-order valence-corrected chi connectivity index (χ2v) is 8.17. The van der Waals surface area contributed by atoms with Gasteiger partial charge in [-0.2, -0.15) is 92.2 Å². The monoisotopic (exact) mass is 641 g/mol. The third kappa shape index (κ3) is 4.67. The van der Waals surface area contributed by atoms with E-state index in [0.29, 0.717) is 0 Å². The molecule has 0 saturated carbocycles. The molecule has 0 amide bonds. The fraction of sp³-hybridized carbons (Fsp3) is 0.833. The van der Waals surface area contributed by atoms with Crippen molar-refractivity contribution in [3.63, 3.8) is 0 Å². The Bertz CT molecular complexity index is 997. The molecule has 0 spiro atoms. The first-order chi connectivity index (χ1) is 16.0. The zero-order chi connectivity index (χ0) is 31.6. The molecule has 0 aromatic rings. The average Bonchev–Trinajstić information content (AvgIpc) is 2.64. The van der Waals surface area contributed by atoms with Crippen molar-refractivity contribution >= 4 is 10.0 Å². The molecule has 0 aromatic carbocycles. The summed E-state index contributed by atoms with van der Waals surface area (Å²) in [5.74, 6) is -53.9. The van der Waals surface area contributed by atoms with E-state index in [2.05, 4.69) is 11.3 Å². The fourth-order valence-corrected chi connectivity index (χ4v) is 2.84. The molecule has 0 radical (unpaired) electrons. The Labute approximate surface area is 193 Å². The molecule has 0 aliphatic heterocycles. The van der Waals surface area contributed by atoms with Crippen molar-refractivity contribution in [1.29, 1.82) is 0 Å². The summed E-state index contributed by atoms with van der Waals surface area (Å²) in [5.41, 5.74) is 0. The predicted molar refractivity (Wildman–Crippen MR) is 73.9 cm³/mol. The minimum absolute atomic E-state index is 0.706. The molecule has 26 heteroatoms. The average molecular weight is 641 g/mol. The normalized spacial score (nSPS) is 16.4. The van der Waals surface area contributed by atoms with Gasteiger partial charge in [0.05, 0.1) is 6.26 Å². The molecule has 228 valence electrons. The summed E-state index contributed by atoms with van der Waals surface area (Å²) in [6.07, 6.45) is -15.2. The largest absolute Gasteiger partial charge is 0.480 e. The highest BCUT2D eigenvalue weighted by Gasteiger charge is 2.96. The van der Waals surface area contributed by atoms with Crippen molar-refractivity contribution < 1.29 is 105 Å². The fourth-order valence-electron chi connectivity index (χ4n) is 1.79. The highest BCUT2D eigenvalue weighted by atomic mass is 32.2. The van der Waals surface area contributed by atoms with Gasteiger partial charge >= 0.3 is 59.1 Å². The summed E-state index contributed by atoms with van der Waals surface area (Å²) in [4.78, 5) is 0. The van der Waals surface area contributed by atoms with E-state index in [1.54, 1.807) is 0 Å². The molecule has 0 aromatic heterocycles. The first-order valence-corrected chi connectivity index (χ1v) is 9.29. The van der Waals surface area contributed by atoms with Crippen LogP contribution in [-0.4, -0.2) is 67.5 Å². The standard InChI is InChI=1S/C12H4F21NO3S/c1-2-37-11(30,31)10(28,29)34-38(35,36)12(32,33)8(23,24)6(19,20)4(15,16)3(13,14)5(17,18)7(21,22)9(25,26)27/h2,34H,1H2. The smallest absolute Gasteiger partial charge is 0.435 e. The van der Waals surface area contributed by atoms with Crippen LogP contribution in [0.5, 0.6) is 0 Å². The molecule has 0 saturated heterocycles. The molecular formula is C12H4F21NO3S. The third-order valence-electron chi connectivity index (χ3n) is 3.89. The lowest BCUT2D eigenvalue weighted by Crippen LogP contribution is -2.75. The van der Waals surface area contributed by atoms with Crippen molar-refractivity contribution in [1.82, 2.24) is 4.72 Å². The Kier molecular flexibility index (Phi) is 8.52. The van der Waals surface area contributed by atoms with Crippen LogP contribution < -0.4 is 4.72 Å². The van der Waals surface area contributed by atoms with Gasteiger partial charge in [0, 0.05) is 0 Å². The van der Waals surface area contributed by atoms with Gasteiger partial charge in [-0.1, -0.05) is 6.58 Å². The molecule has 0 fully saturated rings. The molecule has 0 atom stereocenters. The van der Waals surface area contributed by atoms with E-state index in [4.69, 9.17) is 0 Å². The summed E-state index contributed by atoms with van der Waals surface area (Å²) in [7, 11) is -8.70. The molecular weight excluding hydrogens is 637 g/mol. The van der Waals surface area contributed by atoms with Crippen LogP contribution in [0.25, 0.3) is 0 Å². The minimum atomic E-state index is -9.22. The van der Waals surface area contributed by atoms with Crippen molar-refractivity contribution in [2.45, 2.75) is 59.1 Å². The summed E-state index contributed by atoms with van der Waals surface area (Å²) >= 11 is 0. The molecule has 0 aliphatic carbocycles. The molecule has 0 bridgehead atoms. The van der Waals surface area contributed by atoms with Crippen LogP contribution in [0.1, 0.15) is 0 Å². The van der Waals surface area contributed by atoms with E-state index in [-0.39, 0.29) is 0 Å². The number of hydrogen-bond acceptors (Lipinski definition) is 3. The summed E-state index contributed by atoms with van der Waals surface area (Å²) < 4.78 is 297. The van der Waals surface area contributed by atoms with Crippen LogP contribution in [-0.2, 0) is 14.8 Å². The second kappa shape index (κ2) is 9.00. The predicted octanol–water partition coefficient (Wildman–Crippen LogP) is 6.22. The Morgan fingerprint density at radius 3 is 1.11 bits per heavy atom. The van der Waals surface area contributed by atoms with E-state index >= 15 is 0 Å². The van der Waals surface area contributed by atoms with Crippen LogP contribution in [0.2, 0.25) is 0 Å². The van der Waals surface area contributed by atoms with Gasteiger partial charge < -0.3 is 4.74 Å². The van der Waals surface area contributed by atoms with Crippen molar-refractivity contribution in [3.05, 3.63) is 12.8 Å². The molecule has 38 heavy (non-hydrogen) atoms. The van der Waals surface area contributed by atoms with Crippen LogP contribution in [0.3, 0.4) is 0 Å². The number of ether oxygens (including phenoxy) is 1. The number of alkyl halides is 21. The second-order valence-electron chi connectivity index (χ2n) is 6.44. The molecule has 0 rings (SSSR count). The number of hydrogen-bond donors (Lipinski definition) is 1. The van der Waals surface area contributed by atoms with Gasteiger partial charge in [0.2, 0.25) is 0 Å². The van der Waals surface area contributed by atoms with E-state index < -0.39 is 80.1 Å². The van der Waals surface area contributed by atoms with Gasteiger partial charge in [-0.3, -0.25) is 0 Å². The van der Waals surface area contributed by atoms with Crippen molar-refractivity contribution in [2.24, 2.45) is 0 Å². The lowest BCUT2D eigenvalue weighted by molar-refractivity contribution is -0.458. The van der Waals surface area contributed by atoms with Gasteiger partial charge in [-0.15, -0.1) is 4.72 Å². The highest BCUT2D eigenvalue weighted by molar-refractivity contribution is 7.90. The van der Waals surface area contributed by atoms with Crippen molar-refractivity contribution in [2.75, 3.05) is 0 Å². The number of halogens is 21. The lowest BCUT2D eigenvalue weighted by atomic mass is 9.91. The Hall–Kier alpha value is -2.02. The summed E-state index contributed by atoms with van der Waals surface area (Å²) in [6, 6.07) is -6.94. The van der Waals surface area contributed by atoms with Gasteiger partial charge in [0.25, 0.3) is 10.0 Å². The maximum atomic E-state index is 13.6. The molecule has 0 aliphatic rings. The highest BCUT2D eigenvalue weighted by Crippen LogP contribution is 2.64. The van der Waals surface area contributed by atoms with Gasteiger partial charge in [-0.25, -0.2) is 8.42 Å². The first-order valence-electron chi connectivity index (χ1n) is 7.81. The van der Waals surface area contributed by atoms with Crippen LogP contribution in [0.15, 0.2) is 12.8 Å². The van der Waals surface area contributed by atoms with Gasteiger partial charge in [0.15, 0.2) is 0 Å². The summed E-state index contributed by atoms with van der Waals surface area (Å²) in [6.45, 7) is 2.16. The molecule has 1 N–H and O–H groups in total. The van der Waals surface area contributed by atoms with E-state index in [0.717, 1.165) is 0 Å². The topological polar surface area (TPSA) is 55.4 Å². The van der Waals surface area contributed by atoms with Gasteiger partial charge in [0.1, 0.15) is 0 Å². The Morgan fingerprint density at radius 1 is 0.526 bits per heavy atom. The summed E-state index contributed by atoms with van der Waals surface area (Å²) in [5, 5.41) is -8.47. The van der Waals surface area contributed by atoms with Crippen LogP contribution in [0, 0.1) is 0 Å².